The number of aliphatic hydroxyl groups excluding tert-OH is 1. The third kappa shape index (κ3) is 2.51. The van der Waals surface area contributed by atoms with E-state index in [1.54, 1.807) is 12.4 Å². The summed E-state index contributed by atoms with van der Waals surface area (Å²) in [4.78, 5) is 7.10. The highest BCUT2D eigenvalue weighted by Crippen LogP contribution is 2.24. The lowest BCUT2D eigenvalue weighted by molar-refractivity contribution is 0.175. The second-order valence-corrected chi connectivity index (χ2v) is 4.67. The lowest BCUT2D eigenvalue weighted by Crippen LogP contribution is -2.05. The number of hydrogen-bond acceptors (Lipinski definition) is 2. The zero-order chi connectivity index (χ0) is 11.5. The summed E-state index contributed by atoms with van der Waals surface area (Å²) in [6, 6.07) is 5.91. The summed E-state index contributed by atoms with van der Waals surface area (Å²) in [7, 11) is 0. The number of aryl methyl sites for hydroxylation is 1. The molecule has 2 N–H and O–H groups in total. The SMILES string of the molecule is Cc1ccc(Br)cc1C(O)Cc1ncc[nH]1. The largest absolute Gasteiger partial charge is 0.388 e. The molecule has 0 spiro atoms. The summed E-state index contributed by atoms with van der Waals surface area (Å²) in [6.07, 6.45) is 3.43. The van der Waals surface area contributed by atoms with Crippen molar-refractivity contribution in [3.8, 4) is 0 Å². The lowest BCUT2D eigenvalue weighted by atomic mass is 10.0. The molecule has 84 valence electrons. The Morgan fingerprint density at radius 1 is 1.50 bits per heavy atom. The molecule has 1 unspecified atom stereocenters. The number of nitrogens with one attached hydrogen (secondary N) is 1. The average Bonchev–Trinajstić information content (AvgIpc) is 2.74. The fourth-order valence-corrected chi connectivity index (χ4v) is 2.05. The van der Waals surface area contributed by atoms with Crippen LogP contribution >= 0.6 is 15.9 Å². The van der Waals surface area contributed by atoms with Gasteiger partial charge in [-0.15, -0.1) is 0 Å². The molecule has 0 fully saturated rings. The van der Waals surface area contributed by atoms with Gasteiger partial charge in [-0.05, 0) is 30.2 Å². The zero-order valence-corrected chi connectivity index (χ0v) is 10.5. The monoisotopic (exact) mass is 280 g/mol. The van der Waals surface area contributed by atoms with Gasteiger partial charge in [0, 0.05) is 23.3 Å². The Labute approximate surface area is 103 Å². The van der Waals surface area contributed by atoms with E-state index in [2.05, 4.69) is 25.9 Å². The van der Waals surface area contributed by atoms with Gasteiger partial charge in [0.25, 0.3) is 0 Å². The van der Waals surface area contributed by atoms with E-state index in [1.807, 2.05) is 25.1 Å². The summed E-state index contributed by atoms with van der Waals surface area (Å²) in [6.45, 7) is 1.99. The summed E-state index contributed by atoms with van der Waals surface area (Å²) < 4.78 is 0.978. The quantitative estimate of drug-likeness (QED) is 0.908. The summed E-state index contributed by atoms with van der Waals surface area (Å²) in [5.41, 5.74) is 2.02. The van der Waals surface area contributed by atoms with Gasteiger partial charge in [-0.2, -0.15) is 0 Å². The van der Waals surface area contributed by atoms with E-state index in [1.165, 1.54) is 0 Å². The van der Waals surface area contributed by atoms with Crippen LogP contribution in [0.3, 0.4) is 0 Å². The standard InChI is InChI=1S/C12H13BrN2O/c1-8-2-3-9(13)6-10(8)11(16)7-12-14-4-5-15-12/h2-6,11,16H,7H2,1H3,(H,14,15). The summed E-state index contributed by atoms with van der Waals surface area (Å²) >= 11 is 3.41. The van der Waals surface area contributed by atoms with Crippen molar-refractivity contribution in [2.24, 2.45) is 0 Å². The van der Waals surface area contributed by atoms with Crippen molar-refractivity contribution in [1.29, 1.82) is 0 Å². The molecule has 2 rings (SSSR count). The van der Waals surface area contributed by atoms with Gasteiger partial charge < -0.3 is 10.1 Å². The zero-order valence-electron chi connectivity index (χ0n) is 8.94. The average molecular weight is 281 g/mol. The van der Waals surface area contributed by atoms with Crippen molar-refractivity contribution in [3.63, 3.8) is 0 Å². The molecule has 0 radical (unpaired) electrons. The molecule has 1 aromatic heterocycles. The van der Waals surface area contributed by atoms with Crippen LogP contribution < -0.4 is 0 Å². The van der Waals surface area contributed by atoms with Crippen LogP contribution in [0.1, 0.15) is 23.1 Å². The molecule has 0 aliphatic carbocycles. The second kappa shape index (κ2) is 4.80. The van der Waals surface area contributed by atoms with Gasteiger partial charge in [0.1, 0.15) is 5.82 Å². The van der Waals surface area contributed by atoms with E-state index in [4.69, 9.17) is 0 Å². The van der Waals surface area contributed by atoms with E-state index < -0.39 is 6.10 Å². The fourth-order valence-electron chi connectivity index (χ4n) is 1.67. The maximum atomic E-state index is 10.1. The Bertz CT molecular complexity index is 468. The molecule has 16 heavy (non-hydrogen) atoms. The number of imidazole rings is 1. The predicted octanol–water partition coefficient (Wildman–Crippen LogP) is 2.76. The molecule has 4 heteroatoms. The minimum atomic E-state index is -0.524. The van der Waals surface area contributed by atoms with Gasteiger partial charge in [-0.1, -0.05) is 22.0 Å². The van der Waals surface area contributed by atoms with Gasteiger partial charge >= 0.3 is 0 Å². The normalized spacial score (nSPS) is 12.7. The predicted molar refractivity (Wildman–Crippen MR) is 66.1 cm³/mol. The maximum absolute atomic E-state index is 10.1. The van der Waals surface area contributed by atoms with Gasteiger partial charge in [0.05, 0.1) is 6.10 Å². The Morgan fingerprint density at radius 3 is 3.00 bits per heavy atom. The summed E-state index contributed by atoms with van der Waals surface area (Å²) in [5.74, 6) is 0.798. The first kappa shape index (κ1) is 11.4. The Balaban J connectivity index is 2.20. The van der Waals surface area contributed by atoms with E-state index in [9.17, 15) is 5.11 Å². The Hall–Kier alpha value is -1.13. The van der Waals surface area contributed by atoms with Crippen LogP contribution in [0.25, 0.3) is 0 Å². The van der Waals surface area contributed by atoms with Crippen LogP contribution in [0.2, 0.25) is 0 Å². The number of H-pyrrole nitrogens is 1. The Morgan fingerprint density at radius 2 is 2.31 bits per heavy atom. The number of aromatic amines is 1. The van der Waals surface area contributed by atoms with Crippen LogP contribution in [0, 0.1) is 6.92 Å². The van der Waals surface area contributed by atoms with Crippen molar-refractivity contribution in [1.82, 2.24) is 9.97 Å². The number of aromatic nitrogens is 2. The third-order valence-corrected chi connectivity index (χ3v) is 3.04. The molecule has 0 bridgehead atoms. The van der Waals surface area contributed by atoms with E-state index >= 15 is 0 Å². The van der Waals surface area contributed by atoms with Crippen molar-refractivity contribution in [3.05, 3.63) is 52.0 Å². The highest BCUT2D eigenvalue weighted by atomic mass is 79.9. The van der Waals surface area contributed by atoms with Crippen LogP contribution in [0.5, 0.6) is 0 Å². The number of nitrogens with zero attached hydrogens (tertiary/aromatic N) is 1. The smallest absolute Gasteiger partial charge is 0.108 e. The molecule has 0 saturated heterocycles. The topological polar surface area (TPSA) is 48.9 Å². The van der Waals surface area contributed by atoms with Gasteiger partial charge in [-0.3, -0.25) is 0 Å². The van der Waals surface area contributed by atoms with Crippen LogP contribution in [-0.2, 0) is 6.42 Å². The van der Waals surface area contributed by atoms with E-state index in [-0.39, 0.29) is 0 Å². The van der Waals surface area contributed by atoms with Gasteiger partial charge in [0.2, 0.25) is 0 Å². The molecular weight excluding hydrogens is 268 g/mol. The molecule has 1 aromatic carbocycles. The molecule has 1 heterocycles. The van der Waals surface area contributed by atoms with Crippen LogP contribution in [-0.4, -0.2) is 15.1 Å². The molecule has 0 amide bonds. The van der Waals surface area contributed by atoms with Crippen molar-refractivity contribution in [2.45, 2.75) is 19.4 Å². The molecule has 1 atom stereocenters. The highest BCUT2D eigenvalue weighted by molar-refractivity contribution is 9.10. The molecule has 2 aromatic rings. The van der Waals surface area contributed by atoms with E-state index in [0.717, 1.165) is 21.4 Å². The highest BCUT2D eigenvalue weighted by Gasteiger charge is 2.12. The first-order valence-electron chi connectivity index (χ1n) is 5.09. The number of hydrogen-bond donors (Lipinski definition) is 2. The Kier molecular flexibility index (Phi) is 3.41. The minimum Gasteiger partial charge on any atom is -0.388 e. The number of benzene rings is 1. The first-order chi connectivity index (χ1) is 7.66. The molecule has 0 aliphatic rings. The van der Waals surface area contributed by atoms with Crippen molar-refractivity contribution in [2.75, 3.05) is 0 Å². The van der Waals surface area contributed by atoms with Crippen LogP contribution in [0.4, 0.5) is 0 Å². The minimum absolute atomic E-state index is 0.504. The maximum Gasteiger partial charge on any atom is 0.108 e. The third-order valence-electron chi connectivity index (χ3n) is 2.54. The fraction of sp³-hybridized carbons (Fsp3) is 0.250. The van der Waals surface area contributed by atoms with Gasteiger partial charge in [-0.25, -0.2) is 4.98 Å². The molecule has 0 saturated carbocycles. The van der Waals surface area contributed by atoms with Crippen LogP contribution in [0.15, 0.2) is 35.1 Å². The van der Waals surface area contributed by atoms with E-state index in [0.29, 0.717) is 6.42 Å². The second-order valence-electron chi connectivity index (χ2n) is 3.76. The number of halogens is 1. The molecule has 3 nitrogen and oxygen atoms in total. The number of aliphatic hydroxyl groups is 1. The summed E-state index contributed by atoms with van der Waals surface area (Å²) in [5, 5.41) is 10.1. The first-order valence-corrected chi connectivity index (χ1v) is 5.88. The van der Waals surface area contributed by atoms with Gasteiger partial charge in [0.15, 0.2) is 0 Å². The molecular formula is C12H13BrN2O. The van der Waals surface area contributed by atoms with Crippen molar-refractivity contribution >= 4 is 15.9 Å². The lowest BCUT2D eigenvalue weighted by Gasteiger charge is -2.12. The molecule has 0 aliphatic heterocycles. The number of rotatable bonds is 3. The van der Waals surface area contributed by atoms with Crippen molar-refractivity contribution < 1.29 is 5.11 Å².